The molecular formula is C17H17ClN2O. The molecule has 3 nitrogen and oxygen atoms in total. The number of carbonyl (C=O) groups excluding carboxylic acids is 1. The number of benzene rings is 2. The van der Waals surface area contributed by atoms with Gasteiger partial charge in [0, 0.05) is 10.7 Å². The van der Waals surface area contributed by atoms with Crippen LogP contribution in [-0.2, 0) is 5.54 Å². The summed E-state index contributed by atoms with van der Waals surface area (Å²) in [6.45, 7) is 2.06. The number of aryl methyl sites for hydroxylation is 1. The van der Waals surface area contributed by atoms with E-state index in [2.05, 4.69) is 41.8 Å². The molecule has 0 radical (unpaired) electrons. The van der Waals surface area contributed by atoms with E-state index in [1.54, 1.807) is 12.1 Å². The monoisotopic (exact) mass is 300 g/mol. The van der Waals surface area contributed by atoms with Gasteiger partial charge in [-0.2, -0.15) is 0 Å². The lowest BCUT2D eigenvalue weighted by atomic mass is 10.0. The molecule has 0 bridgehead atoms. The highest BCUT2D eigenvalue weighted by Gasteiger charge is 2.45. The molecule has 108 valence electrons. The summed E-state index contributed by atoms with van der Waals surface area (Å²) in [5, 5.41) is 6.51. The van der Waals surface area contributed by atoms with Crippen molar-refractivity contribution in [3.05, 3.63) is 64.7 Å². The molecule has 1 aliphatic rings. The first-order valence-electron chi connectivity index (χ1n) is 6.99. The topological polar surface area (TPSA) is 41.1 Å². The third-order valence-electron chi connectivity index (χ3n) is 3.79. The highest BCUT2D eigenvalue weighted by molar-refractivity contribution is 6.30. The minimum atomic E-state index is -0.212. The molecule has 2 aromatic rings. The standard InChI is InChI=1S/C17H17ClN2O/c1-12-5-7-13(8-6-12)17(9-10-17)20-16(21)19-15-4-2-3-14(18)11-15/h2-8,11H,9-10H2,1H3,(H2,19,20,21). The number of anilines is 1. The molecule has 0 saturated heterocycles. The van der Waals surface area contributed by atoms with Crippen molar-refractivity contribution < 1.29 is 4.79 Å². The van der Waals surface area contributed by atoms with Gasteiger partial charge < -0.3 is 10.6 Å². The van der Waals surface area contributed by atoms with Crippen molar-refractivity contribution in [3.8, 4) is 0 Å². The van der Waals surface area contributed by atoms with Crippen LogP contribution in [0.4, 0.5) is 10.5 Å². The maximum Gasteiger partial charge on any atom is 0.319 e. The van der Waals surface area contributed by atoms with Gasteiger partial charge in [0.1, 0.15) is 0 Å². The molecule has 0 spiro atoms. The average molecular weight is 301 g/mol. The van der Waals surface area contributed by atoms with Crippen LogP contribution < -0.4 is 10.6 Å². The Morgan fingerprint density at radius 1 is 1.14 bits per heavy atom. The Balaban J connectivity index is 1.68. The van der Waals surface area contributed by atoms with E-state index in [9.17, 15) is 4.79 Å². The van der Waals surface area contributed by atoms with Gasteiger partial charge in [-0.05, 0) is 43.5 Å². The zero-order valence-corrected chi connectivity index (χ0v) is 12.6. The SMILES string of the molecule is Cc1ccc(C2(NC(=O)Nc3cccc(Cl)c3)CC2)cc1. The Kier molecular flexibility index (Phi) is 3.60. The van der Waals surface area contributed by atoms with Gasteiger partial charge in [0.2, 0.25) is 0 Å². The number of urea groups is 1. The van der Waals surface area contributed by atoms with Gasteiger partial charge in [0.15, 0.2) is 0 Å². The number of rotatable bonds is 3. The quantitative estimate of drug-likeness (QED) is 0.863. The van der Waals surface area contributed by atoms with E-state index in [0.29, 0.717) is 10.7 Å². The fraction of sp³-hybridized carbons (Fsp3) is 0.235. The molecule has 0 atom stereocenters. The lowest BCUT2D eigenvalue weighted by Gasteiger charge is -2.18. The van der Waals surface area contributed by atoms with Crippen LogP contribution in [0.25, 0.3) is 0 Å². The van der Waals surface area contributed by atoms with Crippen LogP contribution in [0.3, 0.4) is 0 Å². The van der Waals surface area contributed by atoms with Crippen molar-refractivity contribution in [2.24, 2.45) is 0 Å². The van der Waals surface area contributed by atoms with Crippen molar-refractivity contribution >= 4 is 23.3 Å². The summed E-state index contributed by atoms with van der Waals surface area (Å²) in [6, 6.07) is 15.3. The average Bonchev–Trinajstić information content (AvgIpc) is 3.20. The molecular weight excluding hydrogens is 284 g/mol. The molecule has 2 N–H and O–H groups in total. The summed E-state index contributed by atoms with van der Waals surface area (Å²) in [7, 11) is 0. The minimum absolute atomic E-state index is 0.199. The van der Waals surface area contributed by atoms with Gasteiger partial charge in [0.25, 0.3) is 0 Å². The summed E-state index contributed by atoms with van der Waals surface area (Å²) in [6.07, 6.45) is 1.94. The Bertz CT molecular complexity index is 663. The van der Waals surface area contributed by atoms with E-state index in [1.807, 2.05) is 12.1 Å². The largest absolute Gasteiger partial charge is 0.328 e. The molecule has 2 amide bonds. The smallest absolute Gasteiger partial charge is 0.319 e. The van der Waals surface area contributed by atoms with Crippen molar-refractivity contribution in [2.75, 3.05) is 5.32 Å². The molecule has 0 aromatic heterocycles. The highest BCUT2D eigenvalue weighted by atomic mass is 35.5. The van der Waals surface area contributed by atoms with E-state index in [1.165, 1.54) is 5.56 Å². The van der Waals surface area contributed by atoms with Crippen LogP contribution in [0.15, 0.2) is 48.5 Å². The first-order valence-corrected chi connectivity index (χ1v) is 7.37. The zero-order valence-electron chi connectivity index (χ0n) is 11.8. The summed E-state index contributed by atoms with van der Waals surface area (Å²) in [5.41, 5.74) is 2.86. The van der Waals surface area contributed by atoms with Crippen molar-refractivity contribution in [1.82, 2.24) is 5.32 Å². The van der Waals surface area contributed by atoms with Crippen LogP contribution >= 0.6 is 11.6 Å². The first-order chi connectivity index (χ1) is 10.1. The maximum atomic E-state index is 12.2. The Morgan fingerprint density at radius 2 is 1.86 bits per heavy atom. The number of hydrogen-bond acceptors (Lipinski definition) is 1. The lowest BCUT2D eigenvalue weighted by molar-refractivity contribution is 0.247. The Labute approximate surface area is 129 Å². The van der Waals surface area contributed by atoms with E-state index in [-0.39, 0.29) is 11.6 Å². The maximum absolute atomic E-state index is 12.2. The van der Waals surface area contributed by atoms with Crippen molar-refractivity contribution in [2.45, 2.75) is 25.3 Å². The number of carbonyl (C=O) groups is 1. The second-order valence-electron chi connectivity index (χ2n) is 5.54. The van der Waals surface area contributed by atoms with Gasteiger partial charge in [-0.25, -0.2) is 4.79 Å². The zero-order chi connectivity index (χ0) is 14.9. The molecule has 0 heterocycles. The second kappa shape index (κ2) is 5.41. The van der Waals surface area contributed by atoms with Gasteiger partial charge in [-0.15, -0.1) is 0 Å². The number of halogens is 1. The van der Waals surface area contributed by atoms with Crippen LogP contribution in [-0.4, -0.2) is 6.03 Å². The molecule has 3 rings (SSSR count). The summed E-state index contributed by atoms with van der Waals surface area (Å²) >= 11 is 5.91. The van der Waals surface area contributed by atoms with Gasteiger partial charge in [-0.1, -0.05) is 47.5 Å². The fourth-order valence-electron chi connectivity index (χ4n) is 2.43. The van der Waals surface area contributed by atoms with E-state index in [0.717, 1.165) is 18.4 Å². The van der Waals surface area contributed by atoms with Crippen LogP contribution in [0.2, 0.25) is 5.02 Å². The first kappa shape index (κ1) is 14.0. The van der Waals surface area contributed by atoms with Crippen LogP contribution in [0.5, 0.6) is 0 Å². The number of amides is 2. The predicted octanol–water partition coefficient (Wildman–Crippen LogP) is 4.46. The molecule has 21 heavy (non-hydrogen) atoms. The Hall–Kier alpha value is -2.00. The van der Waals surface area contributed by atoms with Crippen molar-refractivity contribution in [1.29, 1.82) is 0 Å². The van der Waals surface area contributed by atoms with Gasteiger partial charge in [-0.3, -0.25) is 0 Å². The molecule has 0 aliphatic heterocycles. The fourth-order valence-corrected chi connectivity index (χ4v) is 2.62. The van der Waals surface area contributed by atoms with E-state index in [4.69, 9.17) is 11.6 Å². The van der Waals surface area contributed by atoms with E-state index >= 15 is 0 Å². The third-order valence-corrected chi connectivity index (χ3v) is 4.02. The lowest BCUT2D eigenvalue weighted by Crippen LogP contribution is -2.38. The van der Waals surface area contributed by atoms with Crippen LogP contribution in [0.1, 0.15) is 24.0 Å². The van der Waals surface area contributed by atoms with Gasteiger partial charge in [0.05, 0.1) is 5.54 Å². The normalized spacial score (nSPS) is 15.3. The third kappa shape index (κ3) is 3.19. The summed E-state index contributed by atoms with van der Waals surface area (Å²) < 4.78 is 0. The van der Waals surface area contributed by atoms with Crippen molar-refractivity contribution in [3.63, 3.8) is 0 Å². The molecule has 2 aromatic carbocycles. The summed E-state index contributed by atoms with van der Waals surface area (Å²) in [5.74, 6) is 0. The number of hydrogen-bond donors (Lipinski definition) is 2. The van der Waals surface area contributed by atoms with E-state index < -0.39 is 0 Å². The molecule has 1 saturated carbocycles. The van der Waals surface area contributed by atoms with Gasteiger partial charge >= 0.3 is 6.03 Å². The molecule has 1 aliphatic carbocycles. The predicted molar refractivity (Wildman–Crippen MR) is 85.7 cm³/mol. The highest BCUT2D eigenvalue weighted by Crippen LogP contribution is 2.45. The molecule has 1 fully saturated rings. The molecule has 0 unspecified atom stereocenters. The Morgan fingerprint density at radius 3 is 2.48 bits per heavy atom. The van der Waals surface area contributed by atoms with Crippen LogP contribution in [0, 0.1) is 6.92 Å². The number of nitrogens with one attached hydrogen (secondary N) is 2. The minimum Gasteiger partial charge on any atom is -0.328 e. The molecule has 4 heteroatoms. The summed E-state index contributed by atoms with van der Waals surface area (Å²) in [4.78, 5) is 12.2. The second-order valence-corrected chi connectivity index (χ2v) is 5.97.